The number of aryl methyl sites for hydroxylation is 1. The highest BCUT2D eigenvalue weighted by molar-refractivity contribution is 5.79. The molecule has 2 N–H and O–H groups in total. The van der Waals surface area contributed by atoms with Crippen LogP contribution in [0.15, 0.2) is 59.6 Å². The summed E-state index contributed by atoms with van der Waals surface area (Å²) in [7, 11) is 1.77. The zero-order valence-corrected chi connectivity index (χ0v) is 16.0. The smallest absolute Gasteiger partial charge is 0.191 e. The van der Waals surface area contributed by atoms with Gasteiger partial charge in [-0.1, -0.05) is 30.4 Å². The van der Waals surface area contributed by atoms with Crippen LogP contribution in [-0.2, 0) is 13.0 Å². The predicted octanol–water partition coefficient (Wildman–Crippen LogP) is 3.42. The fourth-order valence-corrected chi connectivity index (χ4v) is 3.21. The maximum atomic E-state index is 13.2. The second-order valence-electron chi connectivity index (χ2n) is 6.72. The van der Waals surface area contributed by atoms with Crippen LogP contribution in [-0.4, -0.2) is 32.6 Å². The van der Waals surface area contributed by atoms with E-state index in [0.717, 1.165) is 43.1 Å². The second kappa shape index (κ2) is 9.21. The van der Waals surface area contributed by atoms with Crippen LogP contribution in [0.2, 0.25) is 0 Å². The van der Waals surface area contributed by atoms with Crippen LogP contribution >= 0.6 is 0 Å². The van der Waals surface area contributed by atoms with Gasteiger partial charge in [0.15, 0.2) is 5.96 Å². The van der Waals surface area contributed by atoms with E-state index in [1.807, 2.05) is 13.0 Å². The molecule has 27 heavy (non-hydrogen) atoms. The molecule has 0 saturated carbocycles. The highest BCUT2D eigenvalue weighted by Gasteiger charge is 2.08. The molecule has 4 nitrogen and oxygen atoms in total. The van der Waals surface area contributed by atoms with Gasteiger partial charge in [-0.3, -0.25) is 4.99 Å². The van der Waals surface area contributed by atoms with Crippen molar-refractivity contribution < 1.29 is 4.39 Å². The van der Waals surface area contributed by atoms with Gasteiger partial charge in [0, 0.05) is 38.9 Å². The highest BCUT2D eigenvalue weighted by Crippen LogP contribution is 2.18. The Morgan fingerprint density at radius 2 is 1.93 bits per heavy atom. The molecule has 1 heterocycles. The number of hydrogen-bond donors (Lipinski definition) is 2. The number of benzene rings is 2. The average molecular weight is 366 g/mol. The lowest BCUT2D eigenvalue weighted by molar-refractivity contribution is 0.625. The number of nitrogens with one attached hydrogen (secondary N) is 2. The number of rotatable bonds is 6. The molecule has 0 amide bonds. The third-order valence-corrected chi connectivity index (χ3v) is 4.77. The fourth-order valence-electron chi connectivity index (χ4n) is 3.21. The first-order chi connectivity index (χ1) is 13.2. The maximum Gasteiger partial charge on any atom is 0.191 e. The van der Waals surface area contributed by atoms with Crippen LogP contribution < -0.4 is 15.5 Å². The number of aliphatic imine (C=N–C) groups is 1. The third-order valence-electron chi connectivity index (χ3n) is 4.77. The lowest BCUT2D eigenvalue weighted by Gasteiger charge is -2.19. The molecule has 1 aliphatic heterocycles. The molecule has 142 valence electrons. The van der Waals surface area contributed by atoms with Crippen LogP contribution in [0.4, 0.5) is 10.1 Å². The van der Waals surface area contributed by atoms with Crippen molar-refractivity contribution in [3.05, 3.63) is 77.1 Å². The summed E-state index contributed by atoms with van der Waals surface area (Å²) in [5, 5.41) is 6.68. The molecule has 0 bridgehead atoms. The molecule has 0 unspecified atom stereocenters. The molecule has 0 aromatic heterocycles. The van der Waals surface area contributed by atoms with E-state index in [4.69, 9.17) is 0 Å². The number of anilines is 1. The van der Waals surface area contributed by atoms with E-state index < -0.39 is 0 Å². The number of guanidine groups is 1. The maximum absolute atomic E-state index is 13.2. The summed E-state index contributed by atoms with van der Waals surface area (Å²) in [5.41, 5.74) is 4.59. The predicted molar refractivity (Wildman–Crippen MR) is 111 cm³/mol. The molecule has 0 atom stereocenters. The van der Waals surface area contributed by atoms with Crippen molar-refractivity contribution in [3.8, 4) is 0 Å². The van der Waals surface area contributed by atoms with E-state index in [1.54, 1.807) is 13.1 Å². The van der Waals surface area contributed by atoms with Crippen LogP contribution in [0.5, 0.6) is 0 Å². The second-order valence-corrected chi connectivity index (χ2v) is 6.72. The lowest BCUT2D eigenvalue weighted by Crippen LogP contribution is -2.37. The molecule has 3 rings (SSSR count). The molecule has 0 spiro atoms. The standard InChI is InChI=1S/C22H27FN4/c1-17-14-20(23)9-8-19(17)10-11-25-22(24-2)26-16-18-6-5-7-21(15-18)27-12-3-4-13-27/h3-9,14-15H,10-13,16H2,1-2H3,(H2,24,25,26). The van der Waals surface area contributed by atoms with E-state index in [1.165, 1.54) is 17.3 Å². The molecule has 0 fully saturated rings. The van der Waals surface area contributed by atoms with E-state index in [2.05, 4.69) is 56.9 Å². The zero-order chi connectivity index (χ0) is 19.1. The van der Waals surface area contributed by atoms with Crippen molar-refractivity contribution >= 4 is 11.6 Å². The zero-order valence-electron chi connectivity index (χ0n) is 16.0. The van der Waals surface area contributed by atoms with Crippen molar-refractivity contribution in [1.29, 1.82) is 0 Å². The first-order valence-corrected chi connectivity index (χ1v) is 9.34. The van der Waals surface area contributed by atoms with E-state index in [0.29, 0.717) is 6.54 Å². The summed E-state index contributed by atoms with van der Waals surface area (Å²) in [4.78, 5) is 6.62. The Balaban J connectivity index is 1.48. The Labute approximate surface area is 160 Å². The Bertz CT molecular complexity index is 821. The largest absolute Gasteiger partial charge is 0.364 e. The molecule has 2 aromatic carbocycles. The minimum absolute atomic E-state index is 0.186. The third kappa shape index (κ3) is 5.33. The van der Waals surface area contributed by atoms with Crippen molar-refractivity contribution in [2.45, 2.75) is 19.9 Å². The topological polar surface area (TPSA) is 39.7 Å². The SMILES string of the molecule is CN=C(NCCc1ccc(F)cc1C)NCc1cccc(N2CC=CC2)c1. The minimum Gasteiger partial charge on any atom is -0.364 e. The van der Waals surface area contributed by atoms with E-state index >= 15 is 0 Å². The number of hydrogen-bond acceptors (Lipinski definition) is 2. The van der Waals surface area contributed by atoms with Gasteiger partial charge >= 0.3 is 0 Å². The van der Waals surface area contributed by atoms with Gasteiger partial charge in [0.2, 0.25) is 0 Å². The molecule has 0 aliphatic carbocycles. The minimum atomic E-state index is -0.186. The molecular weight excluding hydrogens is 339 g/mol. The summed E-state index contributed by atoms with van der Waals surface area (Å²) in [6, 6.07) is 13.5. The van der Waals surface area contributed by atoms with Crippen molar-refractivity contribution in [2.75, 3.05) is 31.6 Å². The number of halogens is 1. The van der Waals surface area contributed by atoms with Gasteiger partial charge in [-0.15, -0.1) is 0 Å². The van der Waals surface area contributed by atoms with Crippen LogP contribution in [0.1, 0.15) is 16.7 Å². The molecular formula is C22H27FN4. The van der Waals surface area contributed by atoms with E-state index in [9.17, 15) is 4.39 Å². The first kappa shape index (κ1) is 19.0. The summed E-state index contributed by atoms with van der Waals surface area (Å²) in [6.07, 6.45) is 5.21. The van der Waals surface area contributed by atoms with Crippen LogP contribution in [0.3, 0.4) is 0 Å². The van der Waals surface area contributed by atoms with Gasteiger partial charge in [0.05, 0.1) is 0 Å². The summed E-state index contributed by atoms with van der Waals surface area (Å²) >= 11 is 0. The van der Waals surface area contributed by atoms with Crippen LogP contribution in [0.25, 0.3) is 0 Å². The molecule has 0 radical (unpaired) electrons. The quantitative estimate of drug-likeness (QED) is 0.468. The Hall–Kier alpha value is -2.82. The van der Waals surface area contributed by atoms with E-state index in [-0.39, 0.29) is 5.82 Å². The highest BCUT2D eigenvalue weighted by atomic mass is 19.1. The van der Waals surface area contributed by atoms with Gasteiger partial charge in [0.25, 0.3) is 0 Å². The number of nitrogens with zero attached hydrogens (tertiary/aromatic N) is 2. The van der Waals surface area contributed by atoms with Crippen molar-refractivity contribution in [1.82, 2.24) is 10.6 Å². The Kier molecular flexibility index (Phi) is 6.47. The van der Waals surface area contributed by atoms with Gasteiger partial charge < -0.3 is 15.5 Å². The monoisotopic (exact) mass is 366 g/mol. The average Bonchev–Trinajstić information content (AvgIpc) is 3.21. The molecule has 2 aromatic rings. The van der Waals surface area contributed by atoms with Crippen LogP contribution in [0, 0.1) is 12.7 Å². The Morgan fingerprint density at radius 3 is 2.67 bits per heavy atom. The lowest BCUT2D eigenvalue weighted by atomic mass is 10.1. The Morgan fingerprint density at radius 1 is 1.11 bits per heavy atom. The summed E-state index contributed by atoms with van der Waals surface area (Å²) < 4.78 is 13.2. The summed E-state index contributed by atoms with van der Waals surface area (Å²) in [5.74, 6) is 0.580. The molecule has 1 aliphatic rings. The fraction of sp³-hybridized carbons (Fsp3) is 0.318. The summed E-state index contributed by atoms with van der Waals surface area (Å²) in [6.45, 7) is 5.34. The van der Waals surface area contributed by atoms with Crippen molar-refractivity contribution in [2.24, 2.45) is 4.99 Å². The van der Waals surface area contributed by atoms with Gasteiger partial charge in [0.1, 0.15) is 5.82 Å². The van der Waals surface area contributed by atoms with Gasteiger partial charge in [-0.25, -0.2) is 4.39 Å². The van der Waals surface area contributed by atoms with Gasteiger partial charge in [-0.05, 0) is 54.3 Å². The van der Waals surface area contributed by atoms with Gasteiger partial charge in [-0.2, -0.15) is 0 Å². The molecule has 5 heteroatoms. The van der Waals surface area contributed by atoms with Crippen molar-refractivity contribution in [3.63, 3.8) is 0 Å². The normalized spacial score (nSPS) is 13.9. The molecule has 0 saturated heterocycles. The first-order valence-electron chi connectivity index (χ1n) is 9.34.